The van der Waals surface area contributed by atoms with Crippen LogP contribution in [0.3, 0.4) is 0 Å². The Labute approximate surface area is 39.0 Å². The van der Waals surface area contributed by atoms with Crippen LogP contribution in [0.2, 0.25) is 0 Å². The molecule has 0 aromatic rings. The van der Waals surface area contributed by atoms with Gasteiger partial charge in [-0.15, -0.1) is 0 Å². The van der Waals surface area contributed by atoms with Crippen molar-refractivity contribution < 1.29 is 0 Å². The van der Waals surface area contributed by atoms with Crippen LogP contribution in [0.1, 0.15) is 13.3 Å². The zero-order valence-corrected chi connectivity index (χ0v) is 4.44. The summed E-state index contributed by atoms with van der Waals surface area (Å²) in [6.45, 7) is 3.56. The third-order valence-electron chi connectivity index (χ3n) is 1.46. The predicted molar refractivity (Wildman–Crippen MR) is 26.7 cm³/mol. The highest BCUT2D eigenvalue weighted by Gasteiger charge is 2.26. The highest BCUT2D eigenvalue weighted by atomic mass is 15.3. The Morgan fingerprint density at radius 1 is 1.83 bits per heavy atom. The average Bonchev–Trinajstić information content (AvgIpc) is 2.19. The molecular formula is C5H11N. The van der Waals surface area contributed by atoms with Gasteiger partial charge in [0.05, 0.1) is 0 Å². The van der Waals surface area contributed by atoms with Gasteiger partial charge in [-0.3, -0.25) is 0 Å². The van der Waals surface area contributed by atoms with Crippen molar-refractivity contribution in [3.63, 3.8) is 0 Å². The third kappa shape index (κ3) is 0.548. The van der Waals surface area contributed by atoms with Crippen LogP contribution >= 0.6 is 0 Å². The fourth-order valence-corrected chi connectivity index (χ4v) is 0.726. The molecule has 0 amide bonds. The maximum atomic E-state index is 2.35. The van der Waals surface area contributed by atoms with Gasteiger partial charge in [-0.05, 0) is 13.5 Å². The first kappa shape index (κ1) is 4.13. The minimum Gasteiger partial charge on any atom is -0.301 e. The molecule has 2 atom stereocenters. The Bertz CT molecular complexity index is 49.9. The zero-order chi connectivity index (χ0) is 4.57. The Kier molecular flexibility index (Phi) is 0.845. The van der Waals surface area contributed by atoms with Crippen LogP contribution in [-0.4, -0.2) is 24.5 Å². The van der Waals surface area contributed by atoms with Gasteiger partial charge in [-0.1, -0.05) is 6.92 Å². The Morgan fingerprint density at radius 2 is 2.33 bits per heavy atom. The lowest BCUT2D eigenvalue weighted by Gasteiger charge is -1.83. The summed E-state index contributed by atoms with van der Waals surface area (Å²) in [6, 6.07) is 0.935. The molecule has 0 bridgehead atoms. The number of likely N-dealkylation sites (N-methyl/N-ethyl adjacent to an activating group) is 1. The van der Waals surface area contributed by atoms with Crippen LogP contribution in [0.15, 0.2) is 0 Å². The van der Waals surface area contributed by atoms with Gasteiger partial charge in [0.15, 0.2) is 0 Å². The van der Waals surface area contributed by atoms with E-state index in [0.29, 0.717) is 0 Å². The second kappa shape index (κ2) is 1.23. The van der Waals surface area contributed by atoms with Gasteiger partial charge in [0.1, 0.15) is 0 Å². The van der Waals surface area contributed by atoms with Crippen molar-refractivity contribution in [2.45, 2.75) is 19.4 Å². The molecule has 1 nitrogen and oxygen atoms in total. The lowest BCUT2D eigenvalue weighted by molar-refractivity contribution is 0.603. The summed E-state index contributed by atoms with van der Waals surface area (Å²) in [5.74, 6) is 0. The standard InChI is InChI=1S/C5H11N/c1-3-5-4-6(5)2/h5H,3-4H2,1-2H3/t5-,6?/m0/s1. The van der Waals surface area contributed by atoms with Crippen LogP contribution < -0.4 is 0 Å². The topological polar surface area (TPSA) is 3.01 Å². The first-order chi connectivity index (χ1) is 2.84. The molecule has 0 radical (unpaired) electrons. The number of rotatable bonds is 1. The van der Waals surface area contributed by atoms with Crippen molar-refractivity contribution >= 4 is 0 Å². The summed E-state index contributed by atoms with van der Waals surface area (Å²) in [5, 5.41) is 0. The van der Waals surface area contributed by atoms with E-state index < -0.39 is 0 Å². The third-order valence-corrected chi connectivity index (χ3v) is 1.46. The van der Waals surface area contributed by atoms with E-state index >= 15 is 0 Å². The lowest BCUT2D eigenvalue weighted by Crippen LogP contribution is -1.88. The van der Waals surface area contributed by atoms with E-state index in [9.17, 15) is 0 Å². The molecule has 1 rings (SSSR count). The van der Waals surface area contributed by atoms with Crippen molar-refractivity contribution in [2.75, 3.05) is 13.6 Å². The summed E-state index contributed by atoms with van der Waals surface area (Å²) < 4.78 is 0. The van der Waals surface area contributed by atoms with Gasteiger partial charge in [0, 0.05) is 12.6 Å². The fourth-order valence-electron chi connectivity index (χ4n) is 0.726. The van der Waals surface area contributed by atoms with E-state index in [4.69, 9.17) is 0 Å². The van der Waals surface area contributed by atoms with E-state index in [2.05, 4.69) is 18.9 Å². The maximum absolute atomic E-state index is 2.35. The van der Waals surface area contributed by atoms with Gasteiger partial charge in [-0.25, -0.2) is 0 Å². The molecule has 0 aromatic carbocycles. The minimum atomic E-state index is 0.935. The monoisotopic (exact) mass is 85.1 g/mol. The largest absolute Gasteiger partial charge is 0.301 e. The maximum Gasteiger partial charge on any atom is 0.0218 e. The smallest absolute Gasteiger partial charge is 0.0218 e. The predicted octanol–water partition coefficient (Wildman–Crippen LogP) is 0.710. The minimum absolute atomic E-state index is 0.935. The molecule has 6 heavy (non-hydrogen) atoms. The van der Waals surface area contributed by atoms with Crippen LogP contribution in [0.4, 0.5) is 0 Å². The van der Waals surface area contributed by atoms with E-state index in [1.54, 1.807) is 0 Å². The van der Waals surface area contributed by atoms with Gasteiger partial charge < -0.3 is 4.90 Å². The van der Waals surface area contributed by atoms with Gasteiger partial charge in [0.2, 0.25) is 0 Å². The molecule has 1 heteroatoms. The summed E-state index contributed by atoms with van der Waals surface area (Å²) in [4.78, 5) is 2.35. The first-order valence-electron chi connectivity index (χ1n) is 2.55. The van der Waals surface area contributed by atoms with Crippen molar-refractivity contribution in [1.82, 2.24) is 4.90 Å². The molecule has 0 spiro atoms. The molecule has 1 heterocycles. The molecule has 0 saturated carbocycles. The molecule has 1 unspecified atom stereocenters. The van der Waals surface area contributed by atoms with Crippen molar-refractivity contribution in [3.8, 4) is 0 Å². The van der Waals surface area contributed by atoms with Crippen molar-refractivity contribution in [1.29, 1.82) is 0 Å². The highest BCUT2D eigenvalue weighted by Crippen LogP contribution is 2.15. The van der Waals surface area contributed by atoms with Crippen molar-refractivity contribution in [3.05, 3.63) is 0 Å². The summed E-state index contributed by atoms with van der Waals surface area (Å²) in [5.41, 5.74) is 0. The summed E-state index contributed by atoms with van der Waals surface area (Å²) in [6.07, 6.45) is 1.33. The number of hydrogen-bond donors (Lipinski definition) is 0. The van der Waals surface area contributed by atoms with E-state index in [0.717, 1.165) is 6.04 Å². The Morgan fingerprint density at radius 3 is 2.33 bits per heavy atom. The van der Waals surface area contributed by atoms with E-state index in [1.165, 1.54) is 13.0 Å². The normalized spacial score (nSPS) is 43.0. The first-order valence-corrected chi connectivity index (χ1v) is 2.55. The molecule has 0 N–H and O–H groups in total. The van der Waals surface area contributed by atoms with Crippen LogP contribution in [0.25, 0.3) is 0 Å². The molecule has 1 aliphatic rings. The van der Waals surface area contributed by atoms with Gasteiger partial charge in [0.25, 0.3) is 0 Å². The van der Waals surface area contributed by atoms with E-state index in [1.807, 2.05) is 0 Å². The zero-order valence-electron chi connectivity index (χ0n) is 4.44. The number of nitrogens with zero attached hydrogens (tertiary/aromatic N) is 1. The molecule has 0 aromatic heterocycles. The molecule has 1 saturated heterocycles. The van der Waals surface area contributed by atoms with Crippen molar-refractivity contribution in [2.24, 2.45) is 0 Å². The summed E-state index contributed by atoms with van der Waals surface area (Å²) in [7, 11) is 2.16. The summed E-state index contributed by atoms with van der Waals surface area (Å²) >= 11 is 0. The van der Waals surface area contributed by atoms with Crippen LogP contribution in [0, 0.1) is 0 Å². The fraction of sp³-hybridized carbons (Fsp3) is 1.00. The second-order valence-electron chi connectivity index (χ2n) is 2.00. The molecule has 36 valence electrons. The Balaban J connectivity index is 2.09. The van der Waals surface area contributed by atoms with Crippen LogP contribution in [0.5, 0.6) is 0 Å². The lowest BCUT2D eigenvalue weighted by atomic mass is 10.4. The van der Waals surface area contributed by atoms with Gasteiger partial charge in [-0.2, -0.15) is 0 Å². The SMILES string of the molecule is CC[C@H]1CN1C. The second-order valence-corrected chi connectivity index (χ2v) is 2.00. The van der Waals surface area contributed by atoms with Crippen LogP contribution in [-0.2, 0) is 0 Å². The number of hydrogen-bond acceptors (Lipinski definition) is 1. The Hall–Kier alpha value is -0.0400. The molecule has 0 aliphatic carbocycles. The highest BCUT2D eigenvalue weighted by molar-refractivity contribution is 4.83. The quantitative estimate of drug-likeness (QED) is 0.424. The average molecular weight is 85.1 g/mol. The molecule has 1 aliphatic heterocycles. The molecular weight excluding hydrogens is 74.1 g/mol. The molecule has 1 fully saturated rings. The van der Waals surface area contributed by atoms with E-state index in [-0.39, 0.29) is 0 Å². The van der Waals surface area contributed by atoms with Gasteiger partial charge >= 0.3 is 0 Å².